The fourth-order valence-corrected chi connectivity index (χ4v) is 4.03. The monoisotopic (exact) mass is 265 g/mol. The van der Waals surface area contributed by atoms with Gasteiger partial charge in [-0.25, -0.2) is 0 Å². The van der Waals surface area contributed by atoms with E-state index >= 15 is 0 Å². The zero-order valence-corrected chi connectivity index (χ0v) is 11.1. The third-order valence-corrected chi connectivity index (χ3v) is 4.98. The van der Waals surface area contributed by atoms with E-state index in [4.69, 9.17) is 0 Å². The summed E-state index contributed by atoms with van der Waals surface area (Å²) >= 11 is 3.56. The number of thiophene rings is 2. The molecule has 1 radical (unpaired) electrons. The van der Waals surface area contributed by atoms with Crippen molar-refractivity contribution < 1.29 is 0 Å². The largest absolute Gasteiger partial charge is 0.144 e. The molecule has 2 heterocycles. The molecule has 0 aliphatic carbocycles. The molecular formula is C16H9S2. The van der Waals surface area contributed by atoms with Crippen molar-refractivity contribution in [1.29, 1.82) is 0 Å². The Balaban J connectivity index is 2.00. The Labute approximate surface area is 113 Å². The molecule has 2 aromatic heterocycles. The maximum Gasteiger partial charge on any atom is 0.0428 e. The molecule has 0 unspecified atom stereocenters. The van der Waals surface area contributed by atoms with Gasteiger partial charge in [0.25, 0.3) is 0 Å². The average Bonchev–Trinajstić information content (AvgIpc) is 3.04. The Morgan fingerprint density at radius 2 is 2.00 bits per heavy atom. The minimum atomic E-state index is 1.23. The van der Waals surface area contributed by atoms with Crippen LogP contribution in [0.25, 0.3) is 31.3 Å². The van der Waals surface area contributed by atoms with Crippen molar-refractivity contribution in [2.24, 2.45) is 0 Å². The molecule has 0 N–H and O–H groups in total. The normalized spacial score (nSPS) is 11.3. The minimum absolute atomic E-state index is 1.23. The van der Waals surface area contributed by atoms with Crippen molar-refractivity contribution in [2.75, 3.05) is 0 Å². The lowest BCUT2D eigenvalue weighted by Gasteiger charge is -2.00. The van der Waals surface area contributed by atoms with E-state index in [9.17, 15) is 0 Å². The standard InChI is InChI=1S/C16H9S2/c1-2-4-15-13(3-1)14(10-18-15)12-6-5-11-7-8-17-16(11)9-12/h1-3,5-10H. The van der Waals surface area contributed by atoms with Crippen LogP contribution >= 0.6 is 22.7 Å². The van der Waals surface area contributed by atoms with Gasteiger partial charge >= 0.3 is 0 Å². The van der Waals surface area contributed by atoms with Gasteiger partial charge in [-0.1, -0.05) is 30.3 Å². The number of fused-ring (bicyclic) bond motifs is 2. The van der Waals surface area contributed by atoms with Gasteiger partial charge in [0, 0.05) is 26.4 Å². The molecular weight excluding hydrogens is 256 g/mol. The van der Waals surface area contributed by atoms with E-state index in [1.807, 2.05) is 6.07 Å². The van der Waals surface area contributed by atoms with E-state index in [-0.39, 0.29) is 0 Å². The van der Waals surface area contributed by atoms with E-state index in [0.717, 1.165) is 0 Å². The fraction of sp³-hybridized carbons (Fsp3) is 0. The minimum Gasteiger partial charge on any atom is -0.144 e. The van der Waals surface area contributed by atoms with Crippen molar-refractivity contribution in [3.63, 3.8) is 0 Å². The number of benzene rings is 2. The first kappa shape index (κ1) is 10.3. The lowest BCUT2D eigenvalue weighted by molar-refractivity contribution is 1.77. The van der Waals surface area contributed by atoms with Gasteiger partial charge in [0.1, 0.15) is 0 Å². The van der Waals surface area contributed by atoms with Gasteiger partial charge in [-0.05, 0) is 33.8 Å². The molecule has 0 atom stereocenters. The van der Waals surface area contributed by atoms with Gasteiger partial charge < -0.3 is 0 Å². The summed E-state index contributed by atoms with van der Waals surface area (Å²) in [7, 11) is 0. The van der Waals surface area contributed by atoms with E-state index in [0.29, 0.717) is 0 Å². The van der Waals surface area contributed by atoms with Crippen molar-refractivity contribution in [3.8, 4) is 11.1 Å². The maximum absolute atomic E-state index is 3.29. The number of hydrogen-bond acceptors (Lipinski definition) is 2. The molecule has 0 saturated heterocycles. The summed E-state index contributed by atoms with van der Waals surface area (Å²) in [5.41, 5.74) is 2.62. The summed E-state index contributed by atoms with van der Waals surface area (Å²) in [4.78, 5) is 0. The Morgan fingerprint density at radius 1 is 1.00 bits per heavy atom. The van der Waals surface area contributed by atoms with Crippen molar-refractivity contribution >= 4 is 42.8 Å². The highest BCUT2D eigenvalue weighted by Gasteiger charge is 2.06. The molecule has 2 heteroatoms. The second kappa shape index (κ2) is 3.94. The van der Waals surface area contributed by atoms with Gasteiger partial charge in [0.2, 0.25) is 0 Å². The van der Waals surface area contributed by atoms with Gasteiger partial charge in [-0.3, -0.25) is 0 Å². The molecule has 0 aliphatic heterocycles. The highest BCUT2D eigenvalue weighted by Crippen LogP contribution is 2.35. The van der Waals surface area contributed by atoms with E-state index in [1.165, 1.54) is 31.3 Å². The van der Waals surface area contributed by atoms with Gasteiger partial charge in [-0.2, -0.15) is 0 Å². The van der Waals surface area contributed by atoms with Crippen LogP contribution in [0.4, 0.5) is 0 Å². The van der Waals surface area contributed by atoms with Crippen molar-refractivity contribution in [1.82, 2.24) is 0 Å². The Kier molecular flexibility index (Phi) is 2.25. The molecule has 2 aromatic carbocycles. The van der Waals surface area contributed by atoms with Crippen LogP contribution in [0, 0.1) is 6.07 Å². The average molecular weight is 265 g/mol. The first-order chi connectivity index (χ1) is 8.92. The molecule has 0 bridgehead atoms. The van der Waals surface area contributed by atoms with E-state index in [2.05, 4.69) is 53.2 Å². The van der Waals surface area contributed by atoms with E-state index in [1.54, 1.807) is 22.7 Å². The van der Waals surface area contributed by atoms with Crippen LogP contribution in [-0.4, -0.2) is 0 Å². The fourth-order valence-electron chi connectivity index (χ4n) is 2.26. The van der Waals surface area contributed by atoms with Crippen LogP contribution in [0.1, 0.15) is 0 Å². The first-order valence-electron chi connectivity index (χ1n) is 5.77. The summed E-state index contributed by atoms with van der Waals surface area (Å²) in [6.45, 7) is 0. The van der Waals surface area contributed by atoms with Crippen LogP contribution in [0.2, 0.25) is 0 Å². The van der Waals surface area contributed by atoms with Crippen LogP contribution in [0.5, 0.6) is 0 Å². The van der Waals surface area contributed by atoms with Crippen LogP contribution < -0.4 is 0 Å². The second-order valence-electron chi connectivity index (χ2n) is 4.24. The molecule has 0 amide bonds. The molecule has 0 spiro atoms. The molecule has 0 nitrogen and oxygen atoms in total. The smallest absolute Gasteiger partial charge is 0.0428 e. The summed E-state index contributed by atoms with van der Waals surface area (Å²) < 4.78 is 2.59. The molecule has 4 rings (SSSR count). The molecule has 4 aromatic rings. The lowest BCUT2D eigenvalue weighted by atomic mass is 10.0. The molecule has 85 valence electrons. The summed E-state index contributed by atoms with van der Waals surface area (Å²) in [6, 6.07) is 18.4. The Hall–Kier alpha value is -1.64. The van der Waals surface area contributed by atoms with Crippen LogP contribution in [0.15, 0.2) is 53.2 Å². The molecule has 0 fully saturated rings. The summed E-state index contributed by atoms with van der Waals surface area (Å²) in [5, 5.41) is 7.01. The van der Waals surface area contributed by atoms with Gasteiger partial charge in [0.05, 0.1) is 0 Å². The quantitative estimate of drug-likeness (QED) is 0.421. The van der Waals surface area contributed by atoms with Crippen LogP contribution in [0.3, 0.4) is 0 Å². The highest BCUT2D eigenvalue weighted by molar-refractivity contribution is 7.18. The second-order valence-corrected chi connectivity index (χ2v) is 6.06. The zero-order chi connectivity index (χ0) is 11.9. The predicted molar refractivity (Wildman–Crippen MR) is 81.5 cm³/mol. The Bertz CT molecular complexity index is 836. The van der Waals surface area contributed by atoms with Crippen LogP contribution in [-0.2, 0) is 0 Å². The third-order valence-electron chi connectivity index (χ3n) is 3.17. The third kappa shape index (κ3) is 1.50. The number of rotatable bonds is 1. The number of hydrogen-bond donors (Lipinski definition) is 0. The highest BCUT2D eigenvalue weighted by atomic mass is 32.1. The van der Waals surface area contributed by atoms with Crippen molar-refractivity contribution in [3.05, 3.63) is 59.3 Å². The van der Waals surface area contributed by atoms with Gasteiger partial charge in [-0.15, -0.1) is 22.7 Å². The topological polar surface area (TPSA) is 0 Å². The molecule has 0 saturated carbocycles. The SMILES string of the molecule is [c]1cccc2c(-c3ccc4ccsc4c3)csc12. The summed E-state index contributed by atoms with van der Waals surface area (Å²) in [6.07, 6.45) is 0. The maximum atomic E-state index is 3.29. The van der Waals surface area contributed by atoms with Crippen molar-refractivity contribution in [2.45, 2.75) is 0 Å². The molecule has 18 heavy (non-hydrogen) atoms. The molecule has 0 aliphatic rings. The Morgan fingerprint density at radius 3 is 3.00 bits per heavy atom. The van der Waals surface area contributed by atoms with Gasteiger partial charge in [0.15, 0.2) is 0 Å². The zero-order valence-electron chi connectivity index (χ0n) is 9.51. The van der Waals surface area contributed by atoms with E-state index < -0.39 is 0 Å². The first-order valence-corrected chi connectivity index (χ1v) is 7.53. The predicted octanol–water partition coefficient (Wildman–Crippen LogP) is 5.58. The lowest BCUT2D eigenvalue weighted by Crippen LogP contribution is -1.74. The summed E-state index contributed by atoms with van der Waals surface area (Å²) in [5.74, 6) is 0.